The van der Waals surface area contributed by atoms with E-state index in [-0.39, 0.29) is 23.0 Å². The Hall–Kier alpha value is -2.51. The molecule has 0 saturated carbocycles. The minimum absolute atomic E-state index is 0.0721. The smallest absolute Gasteiger partial charge is 0.272 e. The predicted molar refractivity (Wildman–Crippen MR) is 57.5 cm³/mol. The Morgan fingerprint density at radius 1 is 1.53 bits per heavy atom. The molecule has 0 spiro atoms. The number of nitrogens with two attached hydrogens (primary N) is 1. The number of anilines is 1. The van der Waals surface area contributed by atoms with Gasteiger partial charge in [-0.3, -0.25) is 10.1 Å². The fourth-order valence-corrected chi connectivity index (χ4v) is 1.31. The Bertz CT molecular complexity index is 576. The van der Waals surface area contributed by atoms with Gasteiger partial charge in [-0.25, -0.2) is 9.07 Å². The Kier molecular flexibility index (Phi) is 2.47. The molecular formula is C9H8FN5O2. The monoisotopic (exact) mass is 237 g/mol. The van der Waals surface area contributed by atoms with Gasteiger partial charge < -0.3 is 5.73 Å². The quantitative estimate of drug-likeness (QED) is 0.622. The van der Waals surface area contributed by atoms with E-state index in [0.29, 0.717) is 0 Å². The number of halogens is 1. The largest absolute Gasteiger partial charge is 0.368 e. The molecule has 2 aromatic rings. The van der Waals surface area contributed by atoms with Crippen molar-refractivity contribution in [2.24, 2.45) is 7.05 Å². The van der Waals surface area contributed by atoms with E-state index in [9.17, 15) is 14.5 Å². The molecule has 8 heteroatoms. The van der Waals surface area contributed by atoms with Gasteiger partial charge in [-0.15, -0.1) is 5.10 Å². The van der Waals surface area contributed by atoms with Gasteiger partial charge in [0.1, 0.15) is 5.82 Å². The molecule has 0 aliphatic rings. The number of aromatic nitrogens is 3. The van der Waals surface area contributed by atoms with Crippen molar-refractivity contribution in [3.63, 3.8) is 0 Å². The van der Waals surface area contributed by atoms with Crippen molar-refractivity contribution in [1.29, 1.82) is 0 Å². The third-order valence-corrected chi connectivity index (χ3v) is 2.20. The number of rotatable bonds is 2. The Morgan fingerprint density at radius 2 is 2.24 bits per heavy atom. The molecule has 1 aromatic carbocycles. The molecular weight excluding hydrogens is 229 g/mol. The molecule has 1 heterocycles. The molecule has 0 atom stereocenters. The molecule has 0 aliphatic heterocycles. The van der Waals surface area contributed by atoms with Crippen LogP contribution in [-0.2, 0) is 7.05 Å². The summed E-state index contributed by atoms with van der Waals surface area (Å²) in [5.74, 6) is -0.528. The maximum absolute atomic E-state index is 13.6. The van der Waals surface area contributed by atoms with Gasteiger partial charge in [0.05, 0.1) is 16.6 Å². The van der Waals surface area contributed by atoms with Crippen LogP contribution >= 0.6 is 0 Å². The van der Waals surface area contributed by atoms with Crippen LogP contribution in [0.5, 0.6) is 0 Å². The van der Waals surface area contributed by atoms with Crippen LogP contribution in [0, 0.1) is 15.9 Å². The second-order valence-corrected chi connectivity index (χ2v) is 3.34. The number of nitrogen functional groups attached to an aromatic ring is 1. The SMILES string of the molecule is Cn1nc(-c2ccc([N+](=O)[O-])cc2F)nc1N. The van der Waals surface area contributed by atoms with Gasteiger partial charge in [0.15, 0.2) is 5.82 Å². The zero-order valence-corrected chi connectivity index (χ0v) is 8.79. The molecule has 0 radical (unpaired) electrons. The number of hydrogen-bond donors (Lipinski definition) is 1. The van der Waals surface area contributed by atoms with E-state index in [1.54, 1.807) is 7.05 Å². The van der Waals surface area contributed by atoms with E-state index in [4.69, 9.17) is 5.73 Å². The lowest BCUT2D eigenvalue weighted by molar-refractivity contribution is -0.385. The lowest BCUT2D eigenvalue weighted by Crippen LogP contribution is -1.97. The molecule has 2 rings (SSSR count). The van der Waals surface area contributed by atoms with Crippen LogP contribution in [0.1, 0.15) is 0 Å². The van der Waals surface area contributed by atoms with Crippen LogP contribution < -0.4 is 5.73 Å². The minimum atomic E-state index is -0.759. The fourth-order valence-electron chi connectivity index (χ4n) is 1.31. The van der Waals surface area contributed by atoms with Crippen LogP contribution in [0.2, 0.25) is 0 Å². The third-order valence-electron chi connectivity index (χ3n) is 2.20. The summed E-state index contributed by atoms with van der Waals surface area (Å²) in [4.78, 5) is 13.6. The first kappa shape index (κ1) is 11.0. The number of nitrogens with zero attached hydrogens (tertiary/aromatic N) is 4. The van der Waals surface area contributed by atoms with Crippen LogP contribution in [0.3, 0.4) is 0 Å². The van der Waals surface area contributed by atoms with Gasteiger partial charge in [0, 0.05) is 13.1 Å². The zero-order valence-electron chi connectivity index (χ0n) is 8.79. The Balaban J connectivity index is 2.50. The molecule has 1 aromatic heterocycles. The number of benzene rings is 1. The minimum Gasteiger partial charge on any atom is -0.368 e. The molecule has 2 N–H and O–H groups in total. The first-order valence-corrected chi connectivity index (χ1v) is 4.60. The maximum atomic E-state index is 13.6. The summed E-state index contributed by atoms with van der Waals surface area (Å²) in [5.41, 5.74) is 5.21. The van der Waals surface area contributed by atoms with E-state index in [0.717, 1.165) is 6.07 Å². The van der Waals surface area contributed by atoms with Crippen LogP contribution in [0.15, 0.2) is 18.2 Å². The highest BCUT2D eigenvalue weighted by Crippen LogP contribution is 2.24. The molecule has 88 valence electrons. The third kappa shape index (κ3) is 1.92. The van der Waals surface area contributed by atoms with Gasteiger partial charge in [0.25, 0.3) is 5.69 Å². The van der Waals surface area contributed by atoms with Gasteiger partial charge in [-0.2, -0.15) is 4.98 Å². The first-order chi connectivity index (χ1) is 7.99. The van der Waals surface area contributed by atoms with Crippen molar-refractivity contribution in [2.75, 3.05) is 5.73 Å². The molecule has 17 heavy (non-hydrogen) atoms. The predicted octanol–water partition coefficient (Wildman–Crippen LogP) is 1.11. The Morgan fingerprint density at radius 3 is 2.71 bits per heavy atom. The van der Waals surface area contributed by atoms with Crippen molar-refractivity contribution in [2.45, 2.75) is 0 Å². The Labute approximate surface area is 94.8 Å². The molecule has 0 amide bonds. The highest BCUT2D eigenvalue weighted by molar-refractivity contribution is 5.59. The molecule has 7 nitrogen and oxygen atoms in total. The average molecular weight is 237 g/mol. The number of non-ortho nitro benzene ring substituents is 1. The summed E-state index contributed by atoms with van der Waals surface area (Å²) in [7, 11) is 1.56. The second kappa shape index (κ2) is 3.81. The summed E-state index contributed by atoms with van der Waals surface area (Å²) in [6, 6.07) is 3.26. The summed E-state index contributed by atoms with van der Waals surface area (Å²) in [6.45, 7) is 0. The maximum Gasteiger partial charge on any atom is 0.272 e. The lowest BCUT2D eigenvalue weighted by atomic mass is 10.2. The van der Waals surface area contributed by atoms with E-state index in [1.807, 2.05) is 0 Å². The topological polar surface area (TPSA) is 99.9 Å². The number of nitro groups is 1. The first-order valence-electron chi connectivity index (χ1n) is 4.60. The summed E-state index contributed by atoms with van der Waals surface area (Å²) in [6.07, 6.45) is 0. The van der Waals surface area contributed by atoms with Crippen LogP contribution in [0.25, 0.3) is 11.4 Å². The number of hydrogen-bond acceptors (Lipinski definition) is 5. The van der Waals surface area contributed by atoms with Crippen molar-refractivity contribution in [3.05, 3.63) is 34.1 Å². The van der Waals surface area contributed by atoms with Gasteiger partial charge >= 0.3 is 0 Å². The van der Waals surface area contributed by atoms with Crippen molar-refractivity contribution >= 4 is 11.6 Å². The van der Waals surface area contributed by atoms with E-state index < -0.39 is 10.7 Å². The summed E-state index contributed by atoms with van der Waals surface area (Å²) < 4.78 is 14.9. The lowest BCUT2D eigenvalue weighted by Gasteiger charge is -1.97. The zero-order chi connectivity index (χ0) is 12.6. The van der Waals surface area contributed by atoms with E-state index in [1.165, 1.54) is 16.8 Å². The van der Waals surface area contributed by atoms with Gasteiger partial charge in [-0.05, 0) is 6.07 Å². The summed E-state index contributed by atoms with van der Waals surface area (Å²) in [5, 5.41) is 14.3. The van der Waals surface area contributed by atoms with Crippen LogP contribution in [-0.4, -0.2) is 19.7 Å². The van der Waals surface area contributed by atoms with Crippen LogP contribution in [0.4, 0.5) is 16.0 Å². The van der Waals surface area contributed by atoms with E-state index in [2.05, 4.69) is 10.1 Å². The highest BCUT2D eigenvalue weighted by Gasteiger charge is 2.15. The number of nitro benzene ring substituents is 1. The molecule has 0 aliphatic carbocycles. The fraction of sp³-hybridized carbons (Fsp3) is 0.111. The molecule has 0 fully saturated rings. The van der Waals surface area contributed by atoms with Crippen molar-refractivity contribution < 1.29 is 9.31 Å². The second-order valence-electron chi connectivity index (χ2n) is 3.34. The van der Waals surface area contributed by atoms with Gasteiger partial charge in [0.2, 0.25) is 5.95 Å². The molecule has 0 saturated heterocycles. The highest BCUT2D eigenvalue weighted by atomic mass is 19.1. The average Bonchev–Trinajstić information content (AvgIpc) is 2.58. The van der Waals surface area contributed by atoms with Crippen molar-refractivity contribution in [1.82, 2.24) is 14.8 Å². The normalized spacial score (nSPS) is 10.5. The molecule has 0 bridgehead atoms. The summed E-state index contributed by atoms with van der Waals surface area (Å²) >= 11 is 0. The van der Waals surface area contributed by atoms with Gasteiger partial charge in [-0.1, -0.05) is 0 Å². The number of aryl methyl sites for hydroxylation is 1. The standard InChI is InChI=1S/C9H8FN5O2/c1-14-9(11)12-8(13-14)6-3-2-5(15(16)17)4-7(6)10/h2-4H,1H3,(H2,11,12,13). The van der Waals surface area contributed by atoms with Crippen molar-refractivity contribution in [3.8, 4) is 11.4 Å². The van der Waals surface area contributed by atoms with E-state index >= 15 is 0 Å². The molecule has 0 unspecified atom stereocenters.